The van der Waals surface area contributed by atoms with E-state index < -0.39 is 0 Å². The number of nitriles is 1. The van der Waals surface area contributed by atoms with Crippen molar-refractivity contribution in [2.75, 3.05) is 0 Å². The van der Waals surface area contributed by atoms with E-state index in [2.05, 4.69) is 0 Å². The third-order valence-corrected chi connectivity index (χ3v) is 1.96. The molecule has 0 bridgehead atoms. The Hall–Kier alpha value is -1.63. The van der Waals surface area contributed by atoms with Gasteiger partial charge in [-0.1, -0.05) is 0 Å². The van der Waals surface area contributed by atoms with Crippen LogP contribution in [0, 0.1) is 11.3 Å². The lowest BCUT2D eigenvalue weighted by Crippen LogP contribution is -2.38. The second-order valence-corrected chi connectivity index (χ2v) is 3.05. The fourth-order valence-electron chi connectivity index (χ4n) is 1.25. The van der Waals surface area contributed by atoms with Gasteiger partial charge in [-0.05, 0) is 13.8 Å². The van der Waals surface area contributed by atoms with Crippen molar-refractivity contribution in [3.63, 3.8) is 0 Å². The summed E-state index contributed by atoms with van der Waals surface area (Å²) < 4.78 is 0. The van der Waals surface area contributed by atoms with Crippen LogP contribution in [-0.4, -0.2) is 22.8 Å². The quantitative estimate of drug-likeness (QED) is 0.582. The van der Waals surface area contributed by atoms with Gasteiger partial charge in [0.05, 0.1) is 18.5 Å². The second-order valence-electron chi connectivity index (χ2n) is 3.05. The monoisotopic (exact) mass is 178 g/mol. The van der Waals surface area contributed by atoms with Crippen molar-refractivity contribution in [2.24, 2.45) is 0 Å². The van der Waals surface area contributed by atoms with Crippen molar-refractivity contribution in [3.05, 3.63) is 11.6 Å². The molecule has 4 nitrogen and oxygen atoms in total. The number of hydrogen-bond acceptors (Lipinski definition) is 3. The molecule has 1 atom stereocenters. The fraction of sp³-hybridized carbons (Fsp3) is 0.444. The first-order valence-corrected chi connectivity index (χ1v) is 4.00. The van der Waals surface area contributed by atoms with E-state index in [4.69, 9.17) is 5.26 Å². The summed E-state index contributed by atoms with van der Waals surface area (Å²) in [5.41, 5.74) is 0.440. The first-order valence-electron chi connectivity index (χ1n) is 4.00. The molecule has 0 saturated carbocycles. The lowest BCUT2D eigenvalue weighted by atomic mass is 10.2. The highest BCUT2D eigenvalue weighted by Gasteiger charge is 2.31. The summed E-state index contributed by atoms with van der Waals surface area (Å²) >= 11 is 0. The maximum Gasteiger partial charge on any atom is 0.256 e. The van der Waals surface area contributed by atoms with Gasteiger partial charge in [-0.2, -0.15) is 5.26 Å². The Kier molecular flexibility index (Phi) is 2.47. The second kappa shape index (κ2) is 3.40. The molecule has 0 aromatic rings. The third-order valence-electron chi connectivity index (χ3n) is 1.96. The lowest BCUT2D eigenvalue weighted by molar-refractivity contribution is -0.139. The molecular weight excluding hydrogens is 168 g/mol. The number of carbonyl (C=O) groups is 2. The van der Waals surface area contributed by atoms with Crippen LogP contribution in [0.3, 0.4) is 0 Å². The molecule has 0 N–H and O–H groups in total. The summed E-state index contributed by atoms with van der Waals surface area (Å²) in [4.78, 5) is 23.7. The Bertz CT molecular complexity index is 325. The minimum atomic E-state index is -0.335. The molecular formula is C9H10N2O2. The topological polar surface area (TPSA) is 61.2 Å². The van der Waals surface area contributed by atoms with Crippen LogP contribution >= 0.6 is 0 Å². The first kappa shape index (κ1) is 9.46. The van der Waals surface area contributed by atoms with E-state index in [1.165, 1.54) is 6.08 Å². The van der Waals surface area contributed by atoms with E-state index in [0.29, 0.717) is 5.57 Å². The summed E-state index contributed by atoms with van der Waals surface area (Å²) in [6.07, 6.45) is 1.48. The van der Waals surface area contributed by atoms with Gasteiger partial charge >= 0.3 is 0 Å². The molecule has 0 aliphatic carbocycles. The highest BCUT2D eigenvalue weighted by molar-refractivity contribution is 6.16. The van der Waals surface area contributed by atoms with Gasteiger partial charge in [-0.15, -0.1) is 0 Å². The van der Waals surface area contributed by atoms with Crippen LogP contribution in [-0.2, 0) is 9.59 Å². The number of nitrogens with zero attached hydrogens (tertiary/aromatic N) is 2. The van der Waals surface area contributed by atoms with Gasteiger partial charge in [-0.3, -0.25) is 14.5 Å². The average Bonchev–Trinajstić information content (AvgIpc) is 2.27. The minimum absolute atomic E-state index is 0.179. The summed E-state index contributed by atoms with van der Waals surface area (Å²) in [6, 6.07) is 1.60. The van der Waals surface area contributed by atoms with E-state index in [1.807, 2.05) is 6.07 Å². The van der Waals surface area contributed by atoms with Gasteiger partial charge < -0.3 is 0 Å². The Labute approximate surface area is 76.4 Å². The first-order chi connectivity index (χ1) is 6.07. The summed E-state index contributed by atoms with van der Waals surface area (Å²) in [5.74, 6) is -0.599. The average molecular weight is 178 g/mol. The van der Waals surface area contributed by atoms with Gasteiger partial charge in [0.1, 0.15) is 0 Å². The molecule has 0 aromatic heterocycles. The zero-order chi connectivity index (χ0) is 10.0. The number of imide groups is 1. The van der Waals surface area contributed by atoms with Crippen molar-refractivity contribution < 1.29 is 9.59 Å². The molecule has 1 heterocycles. The smallest absolute Gasteiger partial charge is 0.256 e. The van der Waals surface area contributed by atoms with E-state index in [-0.39, 0.29) is 24.3 Å². The molecule has 0 saturated heterocycles. The molecule has 0 radical (unpaired) electrons. The molecule has 0 spiro atoms. The Balaban J connectivity index is 2.80. The van der Waals surface area contributed by atoms with E-state index in [9.17, 15) is 9.59 Å². The van der Waals surface area contributed by atoms with Crippen LogP contribution in [0.15, 0.2) is 11.6 Å². The zero-order valence-electron chi connectivity index (χ0n) is 7.57. The lowest BCUT2D eigenvalue weighted by Gasteiger charge is -2.19. The predicted molar refractivity (Wildman–Crippen MR) is 45.3 cm³/mol. The van der Waals surface area contributed by atoms with Crippen LogP contribution in [0.5, 0.6) is 0 Å². The van der Waals surface area contributed by atoms with Crippen LogP contribution in [0.4, 0.5) is 0 Å². The maximum absolute atomic E-state index is 11.4. The molecule has 13 heavy (non-hydrogen) atoms. The normalized spacial score (nSPS) is 18.5. The molecule has 1 aliphatic heterocycles. The van der Waals surface area contributed by atoms with Crippen LogP contribution in [0.25, 0.3) is 0 Å². The van der Waals surface area contributed by atoms with Crippen LogP contribution in [0.2, 0.25) is 0 Å². The molecule has 0 fully saturated rings. The van der Waals surface area contributed by atoms with Gasteiger partial charge in [0.25, 0.3) is 11.8 Å². The summed E-state index contributed by atoms with van der Waals surface area (Å²) in [6.45, 7) is 3.28. The van der Waals surface area contributed by atoms with Gasteiger partial charge in [0.2, 0.25) is 0 Å². The highest BCUT2D eigenvalue weighted by Crippen LogP contribution is 2.16. The third kappa shape index (κ3) is 1.59. The minimum Gasteiger partial charge on any atom is -0.271 e. The van der Waals surface area contributed by atoms with Gasteiger partial charge in [0.15, 0.2) is 0 Å². The summed E-state index contributed by atoms with van der Waals surface area (Å²) in [7, 11) is 0. The Morgan fingerprint density at radius 3 is 2.62 bits per heavy atom. The van der Waals surface area contributed by atoms with Crippen molar-refractivity contribution in [1.29, 1.82) is 5.26 Å². The predicted octanol–water partition coefficient (Wildman–Crippen LogP) is 0.604. The van der Waals surface area contributed by atoms with E-state index >= 15 is 0 Å². The zero-order valence-corrected chi connectivity index (χ0v) is 7.57. The Morgan fingerprint density at radius 2 is 2.23 bits per heavy atom. The largest absolute Gasteiger partial charge is 0.271 e. The van der Waals surface area contributed by atoms with Crippen LogP contribution in [0.1, 0.15) is 20.3 Å². The molecule has 1 aliphatic rings. The van der Waals surface area contributed by atoms with Crippen molar-refractivity contribution in [3.8, 4) is 6.07 Å². The number of amides is 2. The standard InChI is InChI=1S/C9H10N2O2/c1-6-5-8(12)11(9(6)13)7(2)3-4-10/h5,7H,3H2,1-2H3. The van der Waals surface area contributed by atoms with E-state index in [0.717, 1.165) is 4.90 Å². The number of rotatable bonds is 2. The molecule has 1 unspecified atom stereocenters. The van der Waals surface area contributed by atoms with Gasteiger partial charge in [0, 0.05) is 11.6 Å². The maximum atomic E-state index is 11.4. The molecule has 1 rings (SSSR count). The summed E-state index contributed by atoms with van der Waals surface area (Å²) in [5, 5.41) is 8.42. The molecule has 68 valence electrons. The van der Waals surface area contributed by atoms with Gasteiger partial charge in [-0.25, -0.2) is 0 Å². The van der Waals surface area contributed by atoms with E-state index in [1.54, 1.807) is 13.8 Å². The van der Waals surface area contributed by atoms with Crippen molar-refractivity contribution in [1.82, 2.24) is 4.90 Å². The Morgan fingerprint density at radius 1 is 1.62 bits per heavy atom. The highest BCUT2D eigenvalue weighted by atomic mass is 16.2. The SMILES string of the molecule is CC1=CC(=O)N(C(C)CC#N)C1=O. The molecule has 2 amide bonds. The van der Waals surface area contributed by atoms with Crippen molar-refractivity contribution in [2.45, 2.75) is 26.3 Å². The van der Waals surface area contributed by atoms with Crippen molar-refractivity contribution >= 4 is 11.8 Å². The number of carbonyl (C=O) groups excluding carboxylic acids is 2. The fourth-order valence-corrected chi connectivity index (χ4v) is 1.25. The number of hydrogen-bond donors (Lipinski definition) is 0. The molecule has 4 heteroatoms. The van der Waals surface area contributed by atoms with Crippen LogP contribution < -0.4 is 0 Å². The molecule has 0 aromatic carbocycles.